The summed E-state index contributed by atoms with van der Waals surface area (Å²) in [5, 5.41) is 0. The second kappa shape index (κ2) is 5.63. The Balaban J connectivity index is 2.16. The van der Waals surface area contributed by atoms with Crippen LogP contribution in [0, 0.1) is 12.3 Å². The predicted molar refractivity (Wildman–Crippen MR) is 84.3 cm³/mol. The highest BCUT2D eigenvalue weighted by atomic mass is 79.9. The molecule has 0 amide bonds. The first-order valence-electron chi connectivity index (χ1n) is 6.76. The number of nitrogens with zero attached hydrogens (tertiary/aromatic N) is 1. The van der Waals surface area contributed by atoms with E-state index < -0.39 is 0 Å². The lowest BCUT2D eigenvalue weighted by molar-refractivity contribution is 0.311. The van der Waals surface area contributed by atoms with Crippen molar-refractivity contribution in [1.29, 1.82) is 0 Å². The molecule has 2 aromatic rings. The van der Waals surface area contributed by atoms with Crippen molar-refractivity contribution >= 4 is 27.0 Å². The molecule has 4 heteroatoms. The number of imidazole rings is 1. The van der Waals surface area contributed by atoms with Gasteiger partial charge in [0, 0.05) is 10.9 Å². The molecule has 3 nitrogen and oxygen atoms in total. The van der Waals surface area contributed by atoms with E-state index in [0.717, 1.165) is 47.1 Å². The smallest absolute Gasteiger partial charge is 0.107 e. The minimum atomic E-state index is 0.281. The highest BCUT2D eigenvalue weighted by molar-refractivity contribution is 9.10. The summed E-state index contributed by atoms with van der Waals surface area (Å²) >= 11 is 3.52. The molecule has 0 saturated heterocycles. The molecule has 1 aromatic heterocycles. The van der Waals surface area contributed by atoms with Crippen LogP contribution in [0.1, 0.15) is 38.1 Å². The van der Waals surface area contributed by atoms with Crippen molar-refractivity contribution in [2.45, 2.75) is 40.0 Å². The largest absolute Gasteiger partial charge is 0.342 e. The SMILES string of the molecule is Cc1cc(Br)cc2[nH]c(CCC(C)(C)CCN)nc12. The third-order valence-electron chi connectivity index (χ3n) is 3.65. The summed E-state index contributed by atoms with van der Waals surface area (Å²) in [6, 6.07) is 4.19. The highest BCUT2D eigenvalue weighted by Crippen LogP contribution is 2.27. The number of fused-ring (bicyclic) bond motifs is 1. The Morgan fingerprint density at radius 3 is 2.74 bits per heavy atom. The fourth-order valence-electron chi connectivity index (χ4n) is 2.39. The van der Waals surface area contributed by atoms with Crippen LogP contribution >= 0.6 is 15.9 Å². The van der Waals surface area contributed by atoms with Crippen LogP contribution in [0.5, 0.6) is 0 Å². The maximum Gasteiger partial charge on any atom is 0.107 e. The summed E-state index contributed by atoms with van der Waals surface area (Å²) in [4.78, 5) is 8.13. The van der Waals surface area contributed by atoms with Crippen LogP contribution < -0.4 is 5.73 Å². The van der Waals surface area contributed by atoms with Crippen molar-refractivity contribution in [2.24, 2.45) is 11.1 Å². The molecule has 0 aliphatic heterocycles. The predicted octanol–water partition coefficient (Wildman–Crippen LogP) is 3.94. The topological polar surface area (TPSA) is 54.7 Å². The van der Waals surface area contributed by atoms with Gasteiger partial charge in [-0.05, 0) is 49.4 Å². The first-order chi connectivity index (χ1) is 8.91. The Hall–Kier alpha value is -0.870. The summed E-state index contributed by atoms with van der Waals surface area (Å²) in [5.74, 6) is 1.07. The Morgan fingerprint density at radius 1 is 1.32 bits per heavy atom. The normalized spacial score (nSPS) is 12.3. The number of H-pyrrole nitrogens is 1. The molecule has 0 bridgehead atoms. The number of nitrogens with one attached hydrogen (secondary N) is 1. The quantitative estimate of drug-likeness (QED) is 0.875. The number of rotatable bonds is 5. The molecule has 0 unspecified atom stereocenters. The van der Waals surface area contributed by atoms with Crippen LogP contribution in [-0.4, -0.2) is 16.5 Å². The standard InChI is InChI=1S/C15H22BrN3/c1-10-8-11(16)9-12-14(10)19-13(18-12)4-5-15(2,3)6-7-17/h8-9H,4-7,17H2,1-3H3,(H,18,19). The molecule has 0 fully saturated rings. The maximum atomic E-state index is 5.65. The maximum absolute atomic E-state index is 5.65. The number of benzene rings is 1. The molecule has 104 valence electrons. The Bertz CT molecular complexity index is 572. The van der Waals surface area contributed by atoms with Gasteiger partial charge in [0.05, 0.1) is 11.0 Å². The van der Waals surface area contributed by atoms with Crippen LogP contribution in [0.3, 0.4) is 0 Å². The molecule has 1 heterocycles. The minimum absolute atomic E-state index is 0.281. The number of nitrogens with two attached hydrogens (primary N) is 1. The summed E-state index contributed by atoms with van der Waals surface area (Å²) in [7, 11) is 0. The number of aromatic amines is 1. The lowest BCUT2D eigenvalue weighted by atomic mass is 9.84. The third-order valence-corrected chi connectivity index (χ3v) is 4.11. The molecule has 0 aliphatic carbocycles. The molecule has 0 spiro atoms. The monoisotopic (exact) mass is 323 g/mol. The summed E-state index contributed by atoms with van der Waals surface area (Å²) in [6.07, 6.45) is 3.13. The van der Waals surface area contributed by atoms with E-state index in [2.05, 4.69) is 53.8 Å². The molecule has 0 aliphatic rings. The van der Waals surface area contributed by atoms with Crippen molar-refractivity contribution in [3.05, 3.63) is 28.0 Å². The van der Waals surface area contributed by atoms with Crippen molar-refractivity contribution in [3.63, 3.8) is 0 Å². The van der Waals surface area contributed by atoms with E-state index in [1.165, 1.54) is 5.56 Å². The van der Waals surface area contributed by atoms with Crippen molar-refractivity contribution in [3.8, 4) is 0 Å². The third kappa shape index (κ3) is 3.57. The first-order valence-corrected chi connectivity index (χ1v) is 7.55. The molecule has 2 rings (SSSR count). The van der Waals surface area contributed by atoms with Crippen LogP contribution in [0.25, 0.3) is 11.0 Å². The van der Waals surface area contributed by atoms with Gasteiger partial charge in [0.25, 0.3) is 0 Å². The van der Waals surface area contributed by atoms with Crippen LogP contribution in [-0.2, 0) is 6.42 Å². The van der Waals surface area contributed by atoms with E-state index in [4.69, 9.17) is 10.7 Å². The molecule has 19 heavy (non-hydrogen) atoms. The van der Waals surface area contributed by atoms with Crippen molar-refractivity contribution in [1.82, 2.24) is 9.97 Å². The zero-order valence-corrected chi connectivity index (χ0v) is 13.5. The summed E-state index contributed by atoms with van der Waals surface area (Å²) in [5.41, 5.74) is 9.32. The molecular formula is C15H22BrN3. The number of hydrogen-bond acceptors (Lipinski definition) is 2. The molecule has 0 atom stereocenters. The van der Waals surface area contributed by atoms with E-state index in [-0.39, 0.29) is 5.41 Å². The fourth-order valence-corrected chi connectivity index (χ4v) is 2.96. The average molecular weight is 324 g/mol. The molecule has 3 N–H and O–H groups in total. The fraction of sp³-hybridized carbons (Fsp3) is 0.533. The lowest BCUT2D eigenvalue weighted by Crippen LogP contribution is -2.18. The minimum Gasteiger partial charge on any atom is -0.342 e. The molecule has 0 radical (unpaired) electrons. The van der Waals surface area contributed by atoms with Gasteiger partial charge >= 0.3 is 0 Å². The van der Waals surface area contributed by atoms with E-state index in [1.54, 1.807) is 0 Å². The van der Waals surface area contributed by atoms with Crippen molar-refractivity contribution in [2.75, 3.05) is 6.54 Å². The first kappa shape index (κ1) is 14.5. The average Bonchev–Trinajstić information content (AvgIpc) is 2.70. The molecular weight excluding hydrogens is 302 g/mol. The van der Waals surface area contributed by atoms with Gasteiger partial charge in [0.1, 0.15) is 5.82 Å². The number of aromatic nitrogens is 2. The van der Waals surface area contributed by atoms with E-state index in [1.807, 2.05) is 0 Å². The molecule has 0 saturated carbocycles. The van der Waals surface area contributed by atoms with Crippen LogP contribution in [0.15, 0.2) is 16.6 Å². The van der Waals surface area contributed by atoms with Crippen LogP contribution in [0.4, 0.5) is 0 Å². The van der Waals surface area contributed by atoms with E-state index >= 15 is 0 Å². The zero-order chi connectivity index (χ0) is 14.0. The van der Waals surface area contributed by atoms with Gasteiger partial charge in [-0.25, -0.2) is 4.98 Å². The van der Waals surface area contributed by atoms with Crippen molar-refractivity contribution < 1.29 is 0 Å². The number of aryl methyl sites for hydroxylation is 2. The number of halogens is 1. The Morgan fingerprint density at radius 2 is 2.05 bits per heavy atom. The second-order valence-corrected chi connectivity index (χ2v) is 6.92. The zero-order valence-electron chi connectivity index (χ0n) is 11.9. The second-order valence-electron chi connectivity index (χ2n) is 6.01. The van der Waals surface area contributed by atoms with Gasteiger partial charge < -0.3 is 10.7 Å². The van der Waals surface area contributed by atoms with Gasteiger partial charge in [0.2, 0.25) is 0 Å². The molecule has 1 aromatic carbocycles. The van der Waals surface area contributed by atoms with Gasteiger partial charge in [-0.2, -0.15) is 0 Å². The summed E-state index contributed by atoms with van der Waals surface area (Å²) < 4.78 is 1.09. The summed E-state index contributed by atoms with van der Waals surface area (Å²) in [6.45, 7) is 7.38. The van der Waals surface area contributed by atoms with Gasteiger partial charge in [0.15, 0.2) is 0 Å². The lowest BCUT2D eigenvalue weighted by Gasteiger charge is -2.22. The van der Waals surface area contributed by atoms with Gasteiger partial charge in [-0.1, -0.05) is 29.8 Å². The highest BCUT2D eigenvalue weighted by Gasteiger charge is 2.17. The van der Waals surface area contributed by atoms with Gasteiger partial charge in [-0.3, -0.25) is 0 Å². The van der Waals surface area contributed by atoms with E-state index in [0.29, 0.717) is 0 Å². The Labute approximate surface area is 123 Å². The van der Waals surface area contributed by atoms with Gasteiger partial charge in [-0.15, -0.1) is 0 Å². The number of hydrogen-bond donors (Lipinski definition) is 2. The van der Waals surface area contributed by atoms with Crippen LogP contribution in [0.2, 0.25) is 0 Å². The Kier molecular flexibility index (Phi) is 4.31. The van der Waals surface area contributed by atoms with E-state index in [9.17, 15) is 0 Å².